The number of fused-ring (bicyclic) bond motifs is 4. The van der Waals surface area contributed by atoms with Crippen LogP contribution in [-0.2, 0) is 0 Å². The van der Waals surface area contributed by atoms with Crippen molar-refractivity contribution in [1.29, 1.82) is 0 Å². The van der Waals surface area contributed by atoms with Gasteiger partial charge in [0.25, 0.3) is 6.08 Å². The van der Waals surface area contributed by atoms with Crippen molar-refractivity contribution in [1.82, 2.24) is 25.2 Å². The summed E-state index contributed by atoms with van der Waals surface area (Å²) in [6.45, 7) is 4.54. The van der Waals surface area contributed by atoms with Crippen LogP contribution in [-0.4, -0.2) is 88.1 Å². The van der Waals surface area contributed by atoms with Crippen molar-refractivity contribution in [2.45, 2.75) is 56.4 Å². The maximum atomic E-state index is 17.0. The van der Waals surface area contributed by atoms with E-state index in [0.717, 1.165) is 37.9 Å². The number of aromatic hydroxyl groups is 1. The lowest BCUT2D eigenvalue weighted by atomic mass is 9.95. The lowest BCUT2D eigenvalue weighted by molar-refractivity contribution is 0.107. The number of halogens is 5. The number of phenolic OH excluding ortho intramolecular Hbond substituents is 1. The van der Waals surface area contributed by atoms with Crippen molar-refractivity contribution < 1.29 is 36.5 Å². The van der Waals surface area contributed by atoms with Gasteiger partial charge in [-0.3, -0.25) is 4.90 Å². The zero-order valence-corrected chi connectivity index (χ0v) is 26.1. The van der Waals surface area contributed by atoms with Gasteiger partial charge in [-0.05, 0) is 49.4 Å². The summed E-state index contributed by atoms with van der Waals surface area (Å²) in [6.07, 6.45) is 0.0574. The Morgan fingerprint density at radius 3 is 2.83 bits per heavy atom. The fourth-order valence-corrected chi connectivity index (χ4v) is 7.92. The second-order valence-electron chi connectivity index (χ2n) is 13.1. The van der Waals surface area contributed by atoms with E-state index in [0.29, 0.717) is 37.9 Å². The van der Waals surface area contributed by atoms with Gasteiger partial charge in [0.15, 0.2) is 5.82 Å². The molecule has 0 spiro atoms. The number of ether oxygens (including phenoxy) is 2. The summed E-state index contributed by atoms with van der Waals surface area (Å²) in [4.78, 5) is 18.0. The summed E-state index contributed by atoms with van der Waals surface area (Å²) in [5, 5.41) is 14.4. The molecule has 0 saturated carbocycles. The lowest BCUT2D eigenvalue weighted by Gasteiger charge is -2.39. The molecule has 6 heterocycles. The van der Waals surface area contributed by atoms with Crippen LogP contribution in [0.1, 0.15) is 38.2 Å². The monoisotopic (exact) mass is 668 g/mol. The molecule has 4 aliphatic rings. The first-order valence-electron chi connectivity index (χ1n) is 16.2. The summed E-state index contributed by atoms with van der Waals surface area (Å²) in [7, 11) is 0. The van der Waals surface area contributed by atoms with Crippen molar-refractivity contribution in [3.63, 3.8) is 0 Å². The van der Waals surface area contributed by atoms with Gasteiger partial charge in [0.05, 0.1) is 11.6 Å². The van der Waals surface area contributed by atoms with Gasteiger partial charge in [0.2, 0.25) is 5.88 Å². The Bertz CT molecular complexity index is 1980. The molecule has 8 rings (SSSR count). The Labute approximate surface area is 272 Å². The number of alkyl halides is 1. The van der Waals surface area contributed by atoms with E-state index in [1.54, 1.807) is 0 Å². The minimum atomic E-state index is -2.15. The molecule has 4 atom stereocenters. The summed E-state index contributed by atoms with van der Waals surface area (Å²) < 4.78 is 86.1. The lowest BCUT2D eigenvalue weighted by Crippen LogP contribution is -2.58. The fraction of sp³-hybridized carbons (Fsp3) is 0.441. The Morgan fingerprint density at radius 2 is 2.02 bits per heavy atom. The number of anilines is 1. The average Bonchev–Trinajstić information content (AvgIpc) is 3.54. The van der Waals surface area contributed by atoms with Crippen LogP contribution < -0.4 is 19.7 Å². The molecule has 2 aromatic carbocycles. The highest BCUT2D eigenvalue weighted by molar-refractivity contribution is 6.05. The summed E-state index contributed by atoms with van der Waals surface area (Å²) in [5.74, 6) is -1.85. The van der Waals surface area contributed by atoms with Crippen molar-refractivity contribution >= 4 is 33.6 Å². The molecule has 2 aromatic heterocycles. The van der Waals surface area contributed by atoms with E-state index in [9.17, 15) is 18.3 Å². The van der Waals surface area contributed by atoms with Crippen LogP contribution in [0.2, 0.25) is 0 Å². The zero-order chi connectivity index (χ0) is 33.3. The van der Waals surface area contributed by atoms with Crippen molar-refractivity contribution in [2.24, 2.45) is 0 Å². The van der Waals surface area contributed by atoms with E-state index in [-0.39, 0.29) is 75.9 Å². The predicted molar refractivity (Wildman–Crippen MR) is 169 cm³/mol. The molecule has 0 unspecified atom stereocenters. The van der Waals surface area contributed by atoms with E-state index in [1.165, 1.54) is 12.1 Å². The van der Waals surface area contributed by atoms with Crippen LogP contribution in [0, 0.1) is 11.6 Å². The first-order valence-corrected chi connectivity index (χ1v) is 16.2. The first kappa shape index (κ1) is 31.0. The van der Waals surface area contributed by atoms with Crippen LogP contribution in [0.3, 0.4) is 0 Å². The smallest absolute Gasteiger partial charge is 0.319 e. The number of nitrogens with one attached hydrogen (secondary N) is 1. The number of aromatic nitrogens is 3. The van der Waals surface area contributed by atoms with Crippen LogP contribution in [0.4, 0.5) is 27.8 Å². The fourth-order valence-electron chi connectivity index (χ4n) is 7.92. The standard InChI is InChI=1S/C34H33F5N6O3/c1-2-19-14-45-20(12-40-19)15-47-32-27-30(42-33(43-31(27)45)48-16-34-6-3-7-44(34)13-18(35)11-34)28(39)29(41-32)23-9-21(46)8-17-4-5-24(36)22(26(17)23)10-25(37)38/h4-5,8-10,18-20,40,46H,2-3,6-7,11-16H2,1H3/t18-,19-,20+,34+/m1/s1. The van der Waals surface area contributed by atoms with E-state index >= 15 is 8.78 Å². The van der Waals surface area contributed by atoms with Crippen LogP contribution in [0.25, 0.3) is 39.0 Å². The molecule has 2 N–H and O–H groups in total. The summed E-state index contributed by atoms with van der Waals surface area (Å²) in [5.41, 5.74) is -1.70. The average molecular weight is 669 g/mol. The molecule has 3 fully saturated rings. The third kappa shape index (κ3) is 5.07. The van der Waals surface area contributed by atoms with Gasteiger partial charge in [-0.15, -0.1) is 0 Å². The van der Waals surface area contributed by atoms with Crippen molar-refractivity contribution in [2.75, 3.05) is 44.3 Å². The van der Waals surface area contributed by atoms with Gasteiger partial charge in [-0.25, -0.2) is 18.2 Å². The Morgan fingerprint density at radius 1 is 1.17 bits per heavy atom. The quantitative estimate of drug-likeness (QED) is 0.241. The van der Waals surface area contributed by atoms with E-state index < -0.39 is 35.0 Å². The number of hydrogen-bond acceptors (Lipinski definition) is 9. The van der Waals surface area contributed by atoms with Gasteiger partial charge in [-0.1, -0.05) is 13.0 Å². The number of benzene rings is 2. The van der Waals surface area contributed by atoms with E-state index in [2.05, 4.69) is 27.1 Å². The Hall–Kier alpha value is -4.30. The van der Waals surface area contributed by atoms with Crippen LogP contribution in [0.5, 0.6) is 17.6 Å². The highest BCUT2D eigenvalue weighted by atomic mass is 19.3. The van der Waals surface area contributed by atoms with Gasteiger partial charge in [-0.2, -0.15) is 18.7 Å². The minimum Gasteiger partial charge on any atom is -0.508 e. The Kier molecular flexibility index (Phi) is 7.55. The second-order valence-corrected chi connectivity index (χ2v) is 13.1. The number of nitrogens with zero attached hydrogens (tertiary/aromatic N) is 5. The molecule has 48 heavy (non-hydrogen) atoms. The molecule has 0 amide bonds. The molecular formula is C34H33F5N6O3. The number of phenols is 1. The number of pyridine rings is 1. The van der Waals surface area contributed by atoms with Gasteiger partial charge in [0.1, 0.15) is 53.4 Å². The minimum absolute atomic E-state index is 0.00341. The number of piperazine rings is 1. The van der Waals surface area contributed by atoms with Crippen LogP contribution in [0.15, 0.2) is 30.3 Å². The largest absolute Gasteiger partial charge is 0.508 e. The molecule has 14 heteroatoms. The predicted octanol–water partition coefficient (Wildman–Crippen LogP) is 5.97. The van der Waals surface area contributed by atoms with Crippen molar-refractivity contribution in [3.8, 4) is 28.9 Å². The molecular weight excluding hydrogens is 635 g/mol. The van der Waals surface area contributed by atoms with Gasteiger partial charge in [0, 0.05) is 54.7 Å². The molecule has 4 aliphatic heterocycles. The Balaban J connectivity index is 1.34. The van der Waals surface area contributed by atoms with Gasteiger partial charge >= 0.3 is 6.01 Å². The topological polar surface area (TPSA) is 95.9 Å². The van der Waals surface area contributed by atoms with Gasteiger partial charge < -0.3 is 24.8 Å². The zero-order valence-electron chi connectivity index (χ0n) is 26.1. The number of hydrogen-bond donors (Lipinski definition) is 2. The summed E-state index contributed by atoms with van der Waals surface area (Å²) in [6, 6.07) is 4.54. The molecule has 0 aliphatic carbocycles. The highest BCUT2D eigenvalue weighted by Crippen LogP contribution is 2.45. The molecule has 0 radical (unpaired) electrons. The molecule has 4 aromatic rings. The van der Waals surface area contributed by atoms with E-state index in [1.807, 2.05) is 4.90 Å². The molecule has 252 valence electrons. The maximum Gasteiger partial charge on any atom is 0.319 e. The third-order valence-corrected chi connectivity index (χ3v) is 10.2. The first-order chi connectivity index (χ1) is 23.1. The maximum absolute atomic E-state index is 17.0. The third-order valence-electron chi connectivity index (χ3n) is 10.2. The molecule has 3 saturated heterocycles. The molecule has 0 bridgehead atoms. The summed E-state index contributed by atoms with van der Waals surface area (Å²) >= 11 is 0. The number of rotatable bonds is 6. The normalized spacial score (nSPS) is 25.1. The highest BCUT2D eigenvalue weighted by Gasteiger charge is 2.49. The van der Waals surface area contributed by atoms with E-state index in [4.69, 9.17) is 14.5 Å². The van der Waals surface area contributed by atoms with Crippen LogP contribution >= 0.6 is 0 Å². The second kappa shape index (κ2) is 11.7. The van der Waals surface area contributed by atoms with Crippen molar-refractivity contribution in [3.05, 3.63) is 47.5 Å². The molecule has 9 nitrogen and oxygen atoms in total. The SMILES string of the molecule is CC[C@@H]1CN2c3nc(OC[C@@]45CCCN4C[C@H](F)C5)nc4c(F)c(-c5cc(O)cc6ccc(F)c(C=C(F)F)c56)nc(c34)OC[C@@H]2CN1.